The SMILES string of the molecule is CSc1ccc(-c2cnc3ccc(-c4nnc(C)o4)cn23)cc1. The molecule has 0 aliphatic carbocycles. The third-order valence-electron chi connectivity index (χ3n) is 3.66. The number of imidazole rings is 1. The van der Waals surface area contributed by atoms with E-state index in [9.17, 15) is 0 Å². The van der Waals surface area contributed by atoms with Crippen LogP contribution in [0.1, 0.15) is 5.89 Å². The summed E-state index contributed by atoms with van der Waals surface area (Å²) in [7, 11) is 0. The van der Waals surface area contributed by atoms with Crippen LogP contribution in [0, 0.1) is 6.92 Å². The van der Waals surface area contributed by atoms with Crippen LogP contribution >= 0.6 is 11.8 Å². The topological polar surface area (TPSA) is 56.2 Å². The van der Waals surface area contributed by atoms with Crippen molar-refractivity contribution in [2.24, 2.45) is 0 Å². The highest BCUT2D eigenvalue weighted by molar-refractivity contribution is 7.98. The second kappa shape index (κ2) is 5.55. The van der Waals surface area contributed by atoms with Gasteiger partial charge in [0.15, 0.2) is 0 Å². The third-order valence-corrected chi connectivity index (χ3v) is 4.41. The van der Waals surface area contributed by atoms with Crippen LogP contribution in [0.2, 0.25) is 0 Å². The molecule has 5 nitrogen and oxygen atoms in total. The summed E-state index contributed by atoms with van der Waals surface area (Å²) in [6, 6.07) is 12.3. The first kappa shape index (κ1) is 14.0. The Bertz CT molecular complexity index is 972. The zero-order valence-electron chi connectivity index (χ0n) is 12.7. The lowest BCUT2D eigenvalue weighted by atomic mass is 10.1. The van der Waals surface area contributed by atoms with Crippen molar-refractivity contribution in [1.29, 1.82) is 0 Å². The van der Waals surface area contributed by atoms with Crippen LogP contribution in [0.15, 0.2) is 58.1 Å². The van der Waals surface area contributed by atoms with Crippen LogP contribution in [0.4, 0.5) is 0 Å². The molecule has 0 unspecified atom stereocenters. The lowest BCUT2D eigenvalue weighted by Crippen LogP contribution is -1.90. The lowest BCUT2D eigenvalue weighted by molar-refractivity contribution is 0.532. The molecule has 6 heteroatoms. The fraction of sp³-hybridized carbons (Fsp3) is 0.118. The van der Waals surface area contributed by atoms with E-state index in [1.807, 2.05) is 28.9 Å². The van der Waals surface area contributed by atoms with E-state index in [4.69, 9.17) is 4.42 Å². The van der Waals surface area contributed by atoms with Crippen LogP contribution in [0.25, 0.3) is 28.4 Å². The molecule has 23 heavy (non-hydrogen) atoms. The molecule has 3 aromatic heterocycles. The summed E-state index contributed by atoms with van der Waals surface area (Å²) in [6.07, 6.45) is 5.93. The highest BCUT2D eigenvalue weighted by Crippen LogP contribution is 2.26. The van der Waals surface area contributed by atoms with Gasteiger partial charge in [-0.1, -0.05) is 12.1 Å². The van der Waals surface area contributed by atoms with Crippen LogP contribution < -0.4 is 0 Å². The lowest BCUT2D eigenvalue weighted by Gasteiger charge is -2.04. The number of fused-ring (bicyclic) bond motifs is 1. The van der Waals surface area contributed by atoms with Crippen molar-refractivity contribution in [1.82, 2.24) is 19.6 Å². The van der Waals surface area contributed by atoms with E-state index in [-0.39, 0.29) is 0 Å². The molecule has 4 aromatic rings. The minimum Gasteiger partial charge on any atom is -0.421 e. The zero-order chi connectivity index (χ0) is 15.8. The van der Waals surface area contributed by atoms with Crippen molar-refractivity contribution in [3.05, 3.63) is 54.7 Å². The first-order valence-corrected chi connectivity index (χ1v) is 8.39. The van der Waals surface area contributed by atoms with Crippen molar-refractivity contribution in [2.45, 2.75) is 11.8 Å². The summed E-state index contributed by atoms with van der Waals surface area (Å²) >= 11 is 1.73. The van der Waals surface area contributed by atoms with Crippen LogP contribution in [-0.2, 0) is 0 Å². The highest BCUT2D eigenvalue weighted by Gasteiger charge is 2.10. The molecule has 3 heterocycles. The Hall–Kier alpha value is -2.60. The van der Waals surface area contributed by atoms with Gasteiger partial charge in [-0.15, -0.1) is 22.0 Å². The first-order valence-electron chi connectivity index (χ1n) is 7.16. The van der Waals surface area contributed by atoms with Crippen molar-refractivity contribution >= 4 is 17.4 Å². The number of hydrogen-bond acceptors (Lipinski definition) is 5. The monoisotopic (exact) mass is 322 g/mol. The van der Waals surface area contributed by atoms with Gasteiger partial charge >= 0.3 is 0 Å². The van der Waals surface area contributed by atoms with E-state index < -0.39 is 0 Å². The minimum atomic E-state index is 0.516. The largest absolute Gasteiger partial charge is 0.421 e. The molecule has 0 amide bonds. The van der Waals surface area contributed by atoms with Crippen molar-refractivity contribution in [3.63, 3.8) is 0 Å². The number of aromatic nitrogens is 4. The molecule has 0 spiro atoms. The molecular formula is C17H14N4OS. The van der Waals surface area contributed by atoms with E-state index in [2.05, 4.69) is 45.7 Å². The average Bonchev–Trinajstić information content (AvgIpc) is 3.20. The summed E-state index contributed by atoms with van der Waals surface area (Å²) in [5.41, 5.74) is 3.91. The minimum absolute atomic E-state index is 0.516. The normalized spacial score (nSPS) is 11.2. The van der Waals surface area contributed by atoms with Gasteiger partial charge in [-0.3, -0.25) is 4.40 Å². The molecule has 0 fully saturated rings. The van der Waals surface area contributed by atoms with Gasteiger partial charge in [-0.25, -0.2) is 4.98 Å². The zero-order valence-corrected chi connectivity index (χ0v) is 13.5. The molecule has 0 N–H and O–H groups in total. The standard InChI is InChI=1S/C17H14N4OS/c1-11-19-20-17(22-11)13-5-8-16-18-9-15(21(16)10-13)12-3-6-14(23-2)7-4-12/h3-10H,1-2H3. The van der Waals surface area contributed by atoms with Crippen molar-refractivity contribution in [3.8, 4) is 22.7 Å². The molecule has 0 aliphatic heterocycles. The van der Waals surface area contributed by atoms with E-state index >= 15 is 0 Å². The Morgan fingerprint density at radius 1 is 1.00 bits per heavy atom. The molecule has 0 bridgehead atoms. The fourth-order valence-electron chi connectivity index (χ4n) is 2.50. The predicted octanol–water partition coefficient (Wildman–Crippen LogP) is 4.08. The molecule has 0 saturated heterocycles. The molecule has 0 atom stereocenters. The smallest absolute Gasteiger partial charge is 0.249 e. The Kier molecular flexibility index (Phi) is 3.38. The Labute approximate surface area is 137 Å². The maximum Gasteiger partial charge on any atom is 0.249 e. The van der Waals surface area contributed by atoms with Crippen LogP contribution in [0.3, 0.4) is 0 Å². The molecule has 0 radical (unpaired) electrons. The molecular weight excluding hydrogens is 308 g/mol. The molecule has 4 rings (SSSR count). The van der Waals surface area contributed by atoms with Gasteiger partial charge in [-0.05, 0) is 30.5 Å². The summed E-state index contributed by atoms with van der Waals surface area (Å²) < 4.78 is 7.56. The Morgan fingerprint density at radius 2 is 1.78 bits per heavy atom. The fourth-order valence-corrected chi connectivity index (χ4v) is 2.90. The van der Waals surface area contributed by atoms with E-state index in [0.29, 0.717) is 11.8 Å². The average molecular weight is 322 g/mol. The van der Waals surface area contributed by atoms with Crippen LogP contribution in [-0.4, -0.2) is 25.8 Å². The molecule has 0 saturated carbocycles. The van der Waals surface area contributed by atoms with Gasteiger partial charge in [-0.2, -0.15) is 0 Å². The van der Waals surface area contributed by atoms with Crippen LogP contribution in [0.5, 0.6) is 0 Å². The number of hydrogen-bond donors (Lipinski definition) is 0. The first-order chi connectivity index (χ1) is 11.2. The van der Waals surface area contributed by atoms with Gasteiger partial charge in [0.25, 0.3) is 0 Å². The Balaban J connectivity index is 1.83. The number of aryl methyl sites for hydroxylation is 1. The number of benzene rings is 1. The maximum absolute atomic E-state index is 5.51. The molecule has 114 valence electrons. The summed E-state index contributed by atoms with van der Waals surface area (Å²) in [5, 5.41) is 7.97. The van der Waals surface area contributed by atoms with E-state index in [0.717, 1.165) is 22.5 Å². The number of thioether (sulfide) groups is 1. The van der Waals surface area contributed by atoms with Gasteiger partial charge in [0.05, 0.1) is 17.5 Å². The van der Waals surface area contributed by atoms with Crippen molar-refractivity contribution in [2.75, 3.05) is 6.26 Å². The predicted molar refractivity (Wildman–Crippen MR) is 90.4 cm³/mol. The number of pyridine rings is 1. The maximum atomic E-state index is 5.51. The summed E-state index contributed by atoms with van der Waals surface area (Å²) in [5.74, 6) is 1.07. The molecule has 1 aromatic carbocycles. The second-order valence-corrected chi connectivity index (χ2v) is 6.02. The van der Waals surface area contributed by atoms with E-state index in [1.165, 1.54) is 4.90 Å². The highest BCUT2D eigenvalue weighted by atomic mass is 32.2. The Morgan fingerprint density at radius 3 is 2.48 bits per heavy atom. The summed E-state index contributed by atoms with van der Waals surface area (Å²) in [6.45, 7) is 1.78. The number of nitrogens with zero attached hydrogens (tertiary/aromatic N) is 4. The van der Waals surface area contributed by atoms with E-state index in [1.54, 1.807) is 18.7 Å². The van der Waals surface area contributed by atoms with Gasteiger partial charge < -0.3 is 4.42 Å². The van der Waals surface area contributed by atoms with Gasteiger partial charge in [0.2, 0.25) is 11.8 Å². The van der Waals surface area contributed by atoms with Gasteiger partial charge in [0, 0.05) is 23.6 Å². The second-order valence-electron chi connectivity index (χ2n) is 5.14. The number of rotatable bonds is 3. The van der Waals surface area contributed by atoms with Gasteiger partial charge in [0.1, 0.15) is 5.65 Å². The van der Waals surface area contributed by atoms with Crippen molar-refractivity contribution < 1.29 is 4.42 Å². The summed E-state index contributed by atoms with van der Waals surface area (Å²) in [4.78, 5) is 5.71. The third kappa shape index (κ3) is 2.51. The quantitative estimate of drug-likeness (QED) is 0.532. The molecule has 0 aliphatic rings.